The molecule has 6 heteroatoms. The third-order valence-corrected chi connectivity index (χ3v) is 4.53. The molecule has 1 fully saturated rings. The van der Waals surface area contributed by atoms with Gasteiger partial charge in [0.2, 0.25) is 0 Å². The first-order chi connectivity index (χ1) is 9.21. The monoisotopic (exact) mass is 281 g/mol. The average molecular weight is 281 g/mol. The normalized spacial score (nSPS) is 28.7. The average Bonchev–Trinajstić information content (AvgIpc) is 2.48. The maximum atomic E-state index is 10.8. The van der Waals surface area contributed by atoms with Crippen LogP contribution in [0.5, 0.6) is 0 Å². The predicted molar refractivity (Wildman–Crippen MR) is 77.6 cm³/mol. The summed E-state index contributed by atoms with van der Waals surface area (Å²) in [6, 6.07) is -0.0553. The van der Waals surface area contributed by atoms with Crippen molar-refractivity contribution in [2.24, 2.45) is 0 Å². The van der Waals surface area contributed by atoms with Crippen LogP contribution in [0.1, 0.15) is 53.4 Å². The molecule has 0 bridgehead atoms. The second kappa shape index (κ2) is 5.41. The molecule has 2 aliphatic rings. The zero-order valence-electron chi connectivity index (χ0n) is 12.7. The second-order valence-electron chi connectivity index (χ2n) is 6.65. The lowest BCUT2D eigenvalue weighted by Gasteiger charge is -2.32. The first kappa shape index (κ1) is 15.4. The van der Waals surface area contributed by atoms with Crippen LogP contribution in [0.25, 0.3) is 0 Å². The lowest BCUT2D eigenvalue weighted by atomic mass is 9.74. The Morgan fingerprint density at radius 3 is 2.50 bits per heavy atom. The molecule has 1 saturated heterocycles. The Hall–Kier alpha value is -1.01. The van der Waals surface area contributed by atoms with Gasteiger partial charge in [-0.3, -0.25) is 0 Å². The minimum absolute atomic E-state index is 0.0553. The summed E-state index contributed by atoms with van der Waals surface area (Å²) in [5, 5.41) is 11.5. The molecule has 1 aliphatic heterocycles. The van der Waals surface area contributed by atoms with E-state index >= 15 is 0 Å². The smallest absolute Gasteiger partial charge is 0.465 e. The zero-order valence-corrected chi connectivity index (χ0v) is 12.7. The summed E-state index contributed by atoms with van der Waals surface area (Å²) in [6.07, 6.45) is 4.61. The first-order valence-corrected chi connectivity index (χ1v) is 7.25. The topological polar surface area (TPSA) is 67.8 Å². The Balaban J connectivity index is 2.08. The Bertz CT molecular complexity index is 403. The molecule has 0 spiro atoms. The van der Waals surface area contributed by atoms with Gasteiger partial charge >= 0.3 is 13.2 Å². The zero-order chi connectivity index (χ0) is 15.0. The molecule has 1 amide bonds. The molecular formula is C14H24BNO4. The van der Waals surface area contributed by atoms with Gasteiger partial charge in [0.1, 0.15) is 0 Å². The standard InChI is InChI=1S/C14H24BNO4/c1-13(2)14(3,4)20-15(19-13)10-7-5-6-8-11(9-10)16-12(17)18/h7,11,16H,5-6,8-9H2,1-4H3,(H,17,18). The number of nitrogens with one attached hydrogen (secondary N) is 1. The van der Waals surface area contributed by atoms with Crippen LogP contribution in [0.2, 0.25) is 0 Å². The largest absolute Gasteiger partial charge is 0.490 e. The van der Waals surface area contributed by atoms with E-state index < -0.39 is 6.09 Å². The van der Waals surface area contributed by atoms with E-state index in [1.165, 1.54) is 0 Å². The number of allylic oxidation sites excluding steroid dienone is 1. The molecule has 0 radical (unpaired) electrons. The highest BCUT2D eigenvalue weighted by Gasteiger charge is 2.52. The van der Waals surface area contributed by atoms with Crippen molar-refractivity contribution in [3.8, 4) is 0 Å². The van der Waals surface area contributed by atoms with Gasteiger partial charge < -0.3 is 19.7 Å². The molecule has 2 N–H and O–H groups in total. The van der Waals surface area contributed by atoms with Gasteiger partial charge in [-0.15, -0.1) is 0 Å². The quantitative estimate of drug-likeness (QED) is 0.764. The summed E-state index contributed by atoms with van der Waals surface area (Å²) in [5.74, 6) is 0. The number of hydrogen-bond acceptors (Lipinski definition) is 3. The third-order valence-electron chi connectivity index (χ3n) is 4.53. The molecule has 1 heterocycles. The molecule has 0 saturated carbocycles. The SMILES string of the molecule is CC1(C)OB(C2=CCCCC(NC(=O)O)C2)OC1(C)C. The van der Waals surface area contributed by atoms with Crippen LogP contribution in [0.3, 0.4) is 0 Å². The molecule has 0 aromatic heterocycles. The molecule has 5 nitrogen and oxygen atoms in total. The van der Waals surface area contributed by atoms with Gasteiger partial charge in [0.25, 0.3) is 0 Å². The van der Waals surface area contributed by atoms with Crippen molar-refractivity contribution in [3.05, 3.63) is 11.5 Å². The Labute approximate surface area is 120 Å². The summed E-state index contributed by atoms with van der Waals surface area (Å²) in [7, 11) is -0.365. The highest BCUT2D eigenvalue weighted by atomic mass is 16.7. The fourth-order valence-corrected chi connectivity index (χ4v) is 2.61. The third kappa shape index (κ3) is 3.18. The van der Waals surface area contributed by atoms with E-state index in [1.54, 1.807) is 0 Å². The predicted octanol–water partition coefficient (Wildman–Crippen LogP) is 2.75. The minimum atomic E-state index is -0.967. The summed E-state index contributed by atoms with van der Waals surface area (Å²) >= 11 is 0. The molecular weight excluding hydrogens is 257 g/mol. The molecule has 2 rings (SSSR count). The minimum Gasteiger partial charge on any atom is -0.465 e. The van der Waals surface area contributed by atoms with Crippen molar-refractivity contribution >= 4 is 13.2 Å². The van der Waals surface area contributed by atoms with Crippen LogP contribution in [0, 0.1) is 0 Å². The van der Waals surface area contributed by atoms with Crippen LogP contribution in [-0.2, 0) is 9.31 Å². The lowest BCUT2D eigenvalue weighted by Crippen LogP contribution is -2.41. The van der Waals surface area contributed by atoms with Crippen LogP contribution < -0.4 is 5.32 Å². The molecule has 1 aliphatic carbocycles. The Morgan fingerprint density at radius 2 is 1.95 bits per heavy atom. The van der Waals surface area contributed by atoms with E-state index in [1.807, 2.05) is 27.7 Å². The summed E-state index contributed by atoms with van der Waals surface area (Å²) in [6.45, 7) is 8.10. The number of carbonyl (C=O) groups is 1. The van der Waals surface area contributed by atoms with Crippen LogP contribution in [0.15, 0.2) is 11.5 Å². The lowest BCUT2D eigenvalue weighted by molar-refractivity contribution is 0.00578. The van der Waals surface area contributed by atoms with Crippen molar-refractivity contribution < 1.29 is 19.2 Å². The van der Waals surface area contributed by atoms with Crippen molar-refractivity contribution in [2.45, 2.75) is 70.6 Å². The highest BCUT2D eigenvalue weighted by Crippen LogP contribution is 2.39. The fourth-order valence-electron chi connectivity index (χ4n) is 2.61. The maximum absolute atomic E-state index is 10.8. The number of carboxylic acid groups (broad SMARTS) is 1. The molecule has 112 valence electrons. The highest BCUT2D eigenvalue weighted by molar-refractivity contribution is 6.54. The van der Waals surface area contributed by atoms with Gasteiger partial charge in [-0.1, -0.05) is 6.08 Å². The van der Waals surface area contributed by atoms with Gasteiger partial charge in [-0.25, -0.2) is 4.79 Å². The van der Waals surface area contributed by atoms with Gasteiger partial charge in [-0.2, -0.15) is 0 Å². The Kier molecular flexibility index (Phi) is 4.16. The molecule has 1 unspecified atom stereocenters. The first-order valence-electron chi connectivity index (χ1n) is 7.25. The maximum Gasteiger partial charge on any atom is 0.490 e. The van der Waals surface area contributed by atoms with Gasteiger partial charge in [-0.05, 0) is 58.9 Å². The van der Waals surface area contributed by atoms with E-state index in [4.69, 9.17) is 14.4 Å². The van der Waals surface area contributed by atoms with Crippen molar-refractivity contribution in [1.82, 2.24) is 5.32 Å². The van der Waals surface area contributed by atoms with E-state index in [0.717, 1.165) is 24.7 Å². The van der Waals surface area contributed by atoms with E-state index in [0.29, 0.717) is 6.42 Å². The molecule has 20 heavy (non-hydrogen) atoms. The fraction of sp³-hybridized carbons (Fsp3) is 0.786. The van der Waals surface area contributed by atoms with Gasteiger partial charge in [0.15, 0.2) is 0 Å². The summed E-state index contributed by atoms with van der Waals surface area (Å²) in [4.78, 5) is 10.8. The number of rotatable bonds is 2. The van der Waals surface area contributed by atoms with E-state index in [2.05, 4.69) is 11.4 Å². The van der Waals surface area contributed by atoms with E-state index in [9.17, 15) is 4.79 Å². The second-order valence-corrected chi connectivity index (χ2v) is 6.65. The summed E-state index contributed by atoms with van der Waals surface area (Å²) < 4.78 is 12.1. The molecule has 0 aromatic rings. The van der Waals surface area contributed by atoms with Gasteiger partial charge in [0, 0.05) is 6.04 Å². The Morgan fingerprint density at radius 1 is 1.35 bits per heavy atom. The molecule has 1 atom stereocenters. The van der Waals surface area contributed by atoms with Crippen LogP contribution in [0.4, 0.5) is 4.79 Å². The van der Waals surface area contributed by atoms with Crippen molar-refractivity contribution in [2.75, 3.05) is 0 Å². The van der Waals surface area contributed by atoms with Crippen LogP contribution in [-0.4, -0.2) is 35.6 Å². The van der Waals surface area contributed by atoms with E-state index in [-0.39, 0.29) is 24.4 Å². The van der Waals surface area contributed by atoms with Crippen LogP contribution >= 0.6 is 0 Å². The van der Waals surface area contributed by atoms with Crippen molar-refractivity contribution in [1.29, 1.82) is 0 Å². The van der Waals surface area contributed by atoms with Gasteiger partial charge in [0.05, 0.1) is 11.2 Å². The summed E-state index contributed by atoms with van der Waals surface area (Å²) in [5.41, 5.74) is 0.334. The number of hydrogen-bond donors (Lipinski definition) is 2. The number of amides is 1. The molecule has 0 aromatic carbocycles. The van der Waals surface area contributed by atoms with Crippen molar-refractivity contribution in [3.63, 3.8) is 0 Å².